The minimum atomic E-state index is -1.22. The summed E-state index contributed by atoms with van der Waals surface area (Å²) in [6, 6.07) is 10.00. The Morgan fingerprint density at radius 3 is 2.69 bits per heavy atom. The number of nitrogens with one attached hydrogen (secondary N) is 5. The van der Waals surface area contributed by atoms with Crippen LogP contribution in [0.5, 0.6) is 0 Å². The lowest BCUT2D eigenvalue weighted by molar-refractivity contribution is 0.480. The van der Waals surface area contributed by atoms with Crippen molar-refractivity contribution >= 4 is 39.6 Å². The predicted octanol–water partition coefficient (Wildman–Crippen LogP) is 4.49. The Labute approximate surface area is 209 Å². The number of nitriles is 1. The van der Waals surface area contributed by atoms with Crippen molar-refractivity contribution in [2.45, 2.75) is 13.0 Å². The Bertz CT molecular complexity index is 1550. The fraction of sp³-hybridized carbons (Fsp3) is 0.0833. The molecule has 1 atom stereocenters. The minimum Gasteiger partial charge on any atom is -0.373 e. The highest BCUT2D eigenvalue weighted by Crippen LogP contribution is 2.37. The SMILES string of the molecule is Cc1ncccc1[C@H](Nc1cc(Cl)c2ncc(C#N)c(Nc3cnc(F)c(F)c3)c2c1)C1=CNNN1. The predicted molar refractivity (Wildman–Crippen MR) is 132 cm³/mol. The zero-order valence-electron chi connectivity index (χ0n) is 18.7. The zero-order chi connectivity index (χ0) is 25.2. The molecule has 5 rings (SSSR count). The van der Waals surface area contributed by atoms with Crippen molar-refractivity contribution in [3.63, 3.8) is 0 Å². The normalized spacial score (nSPS) is 13.4. The van der Waals surface area contributed by atoms with Gasteiger partial charge < -0.3 is 21.5 Å². The first-order valence-corrected chi connectivity index (χ1v) is 11.1. The molecular formula is C24H18ClF2N9. The van der Waals surface area contributed by atoms with Gasteiger partial charge in [-0.3, -0.25) is 9.97 Å². The number of hydrogen-bond donors (Lipinski definition) is 5. The Morgan fingerprint density at radius 1 is 1.11 bits per heavy atom. The minimum absolute atomic E-state index is 0.161. The molecule has 0 saturated carbocycles. The van der Waals surface area contributed by atoms with Crippen LogP contribution in [-0.2, 0) is 0 Å². The maximum Gasteiger partial charge on any atom is 0.249 e. The molecule has 4 aromatic rings. The van der Waals surface area contributed by atoms with Gasteiger partial charge >= 0.3 is 0 Å². The number of aryl methyl sites for hydroxylation is 1. The average molecular weight is 506 g/mol. The van der Waals surface area contributed by atoms with Crippen LogP contribution in [0.25, 0.3) is 10.9 Å². The zero-order valence-corrected chi connectivity index (χ0v) is 19.5. The molecule has 0 radical (unpaired) electrons. The summed E-state index contributed by atoms with van der Waals surface area (Å²) in [6.07, 6.45) is 6.00. The van der Waals surface area contributed by atoms with Gasteiger partial charge in [-0.1, -0.05) is 17.7 Å². The highest BCUT2D eigenvalue weighted by molar-refractivity contribution is 6.36. The van der Waals surface area contributed by atoms with Gasteiger partial charge in [0.15, 0.2) is 5.82 Å². The van der Waals surface area contributed by atoms with Crippen molar-refractivity contribution in [3.8, 4) is 6.07 Å². The summed E-state index contributed by atoms with van der Waals surface area (Å²) >= 11 is 6.60. The molecule has 0 saturated heterocycles. The second-order valence-electron chi connectivity index (χ2n) is 7.88. The summed E-state index contributed by atoms with van der Waals surface area (Å²) in [6.45, 7) is 1.91. The number of halogens is 3. The van der Waals surface area contributed by atoms with Crippen LogP contribution in [0.2, 0.25) is 5.02 Å². The van der Waals surface area contributed by atoms with E-state index in [1.54, 1.807) is 24.5 Å². The molecule has 1 aliphatic rings. The molecule has 36 heavy (non-hydrogen) atoms. The summed E-state index contributed by atoms with van der Waals surface area (Å²) in [7, 11) is 0. The molecule has 12 heteroatoms. The summed E-state index contributed by atoms with van der Waals surface area (Å²) in [5.74, 6) is -2.34. The Balaban J connectivity index is 1.61. The number of nitrogens with zero attached hydrogens (tertiary/aromatic N) is 4. The number of aromatic nitrogens is 3. The highest BCUT2D eigenvalue weighted by Gasteiger charge is 2.23. The van der Waals surface area contributed by atoms with Crippen LogP contribution in [0.1, 0.15) is 22.9 Å². The highest BCUT2D eigenvalue weighted by atomic mass is 35.5. The molecular weight excluding hydrogens is 488 g/mol. The van der Waals surface area contributed by atoms with Crippen molar-refractivity contribution in [2.24, 2.45) is 0 Å². The average Bonchev–Trinajstić information content (AvgIpc) is 3.40. The molecule has 0 bridgehead atoms. The second kappa shape index (κ2) is 9.61. The molecule has 180 valence electrons. The number of rotatable bonds is 6. The number of pyridine rings is 3. The monoisotopic (exact) mass is 505 g/mol. The Hall–Kier alpha value is -4.53. The van der Waals surface area contributed by atoms with Crippen molar-refractivity contribution in [1.82, 2.24) is 31.3 Å². The molecule has 9 nitrogen and oxygen atoms in total. The largest absolute Gasteiger partial charge is 0.373 e. The van der Waals surface area contributed by atoms with Gasteiger partial charge in [0.1, 0.15) is 6.07 Å². The summed E-state index contributed by atoms with van der Waals surface area (Å²) in [5.41, 5.74) is 13.1. The van der Waals surface area contributed by atoms with Crippen molar-refractivity contribution in [3.05, 3.63) is 94.4 Å². The van der Waals surface area contributed by atoms with E-state index >= 15 is 0 Å². The van der Waals surface area contributed by atoms with E-state index in [1.165, 1.54) is 6.20 Å². The van der Waals surface area contributed by atoms with Gasteiger partial charge in [0, 0.05) is 47.0 Å². The van der Waals surface area contributed by atoms with E-state index in [9.17, 15) is 14.0 Å². The van der Waals surface area contributed by atoms with Crippen molar-refractivity contribution < 1.29 is 8.78 Å². The van der Waals surface area contributed by atoms with Gasteiger partial charge in [0.05, 0.1) is 45.4 Å². The van der Waals surface area contributed by atoms with E-state index in [4.69, 9.17) is 11.6 Å². The first kappa shape index (κ1) is 23.2. The molecule has 0 fully saturated rings. The molecule has 4 heterocycles. The van der Waals surface area contributed by atoms with Crippen LogP contribution in [0.15, 0.2) is 60.8 Å². The molecule has 0 aliphatic carbocycles. The van der Waals surface area contributed by atoms with Crippen LogP contribution in [0.4, 0.5) is 25.8 Å². The topological polar surface area (TPSA) is 123 Å². The second-order valence-corrected chi connectivity index (χ2v) is 8.29. The van der Waals surface area contributed by atoms with E-state index in [0.29, 0.717) is 27.3 Å². The van der Waals surface area contributed by atoms with Crippen LogP contribution < -0.4 is 27.0 Å². The number of hydrogen-bond acceptors (Lipinski definition) is 9. The van der Waals surface area contributed by atoms with E-state index < -0.39 is 11.8 Å². The van der Waals surface area contributed by atoms with Gasteiger partial charge in [-0.15, -0.1) is 0 Å². The Morgan fingerprint density at radius 2 is 1.97 bits per heavy atom. The smallest absolute Gasteiger partial charge is 0.249 e. The maximum absolute atomic E-state index is 13.8. The lowest BCUT2D eigenvalue weighted by Gasteiger charge is -2.23. The van der Waals surface area contributed by atoms with E-state index in [-0.39, 0.29) is 17.3 Å². The van der Waals surface area contributed by atoms with E-state index in [0.717, 1.165) is 29.2 Å². The maximum atomic E-state index is 13.8. The molecule has 1 aliphatic heterocycles. The van der Waals surface area contributed by atoms with Gasteiger partial charge in [-0.25, -0.2) is 9.37 Å². The first-order chi connectivity index (χ1) is 17.4. The lowest BCUT2D eigenvalue weighted by Crippen LogP contribution is -2.34. The van der Waals surface area contributed by atoms with Gasteiger partial charge in [0.2, 0.25) is 5.95 Å². The standard InChI is InChI=1S/C24H18ClF2N9/c1-12-16(3-2-4-29-12)23(20-11-32-36-35-20)33-14-5-17-21(34-15-7-19(26)24(27)31-10-15)13(8-28)9-30-22(17)18(25)6-14/h2-7,9-11,23,32-33,35-36H,1H3,(H,30,34)/t23-/m0/s1. The van der Waals surface area contributed by atoms with Gasteiger partial charge in [-0.2, -0.15) is 15.2 Å². The molecule has 5 N–H and O–H groups in total. The number of benzene rings is 1. The number of anilines is 3. The van der Waals surface area contributed by atoms with Crippen LogP contribution in [0.3, 0.4) is 0 Å². The third-order valence-electron chi connectivity index (χ3n) is 5.60. The summed E-state index contributed by atoms with van der Waals surface area (Å²) < 4.78 is 27.1. The summed E-state index contributed by atoms with van der Waals surface area (Å²) in [4.78, 5) is 12.1. The molecule has 0 unspecified atom stereocenters. The first-order valence-electron chi connectivity index (χ1n) is 10.7. The third-order valence-corrected chi connectivity index (χ3v) is 5.89. The van der Waals surface area contributed by atoms with E-state index in [1.807, 2.05) is 19.1 Å². The molecule has 0 spiro atoms. The fourth-order valence-corrected chi connectivity index (χ4v) is 4.17. The van der Waals surface area contributed by atoms with Gasteiger partial charge in [0.25, 0.3) is 0 Å². The summed E-state index contributed by atoms with van der Waals surface area (Å²) in [5, 5.41) is 17.0. The molecule has 0 amide bonds. The molecule has 1 aromatic carbocycles. The molecule has 3 aromatic heterocycles. The third kappa shape index (κ3) is 4.43. The Kier molecular flexibility index (Phi) is 6.20. The van der Waals surface area contributed by atoms with E-state index in [2.05, 4.69) is 48.0 Å². The van der Waals surface area contributed by atoms with Gasteiger partial charge in [-0.05, 0) is 25.1 Å². The van der Waals surface area contributed by atoms with Crippen molar-refractivity contribution in [1.29, 1.82) is 5.26 Å². The lowest BCUT2D eigenvalue weighted by atomic mass is 10.0. The quantitative estimate of drug-likeness (QED) is 0.241. The van der Waals surface area contributed by atoms with Crippen LogP contribution in [-0.4, -0.2) is 15.0 Å². The fourth-order valence-electron chi connectivity index (χ4n) is 3.90. The van der Waals surface area contributed by atoms with Crippen LogP contribution >= 0.6 is 11.6 Å². The number of hydrazine groups is 2. The number of fused-ring (bicyclic) bond motifs is 1. The van der Waals surface area contributed by atoms with Crippen LogP contribution in [0, 0.1) is 30.0 Å². The van der Waals surface area contributed by atoms with Crippen molar-refractivity contribution in [2.75, 3.05) is 10.6 Å².